The molecular formula is C26H37NO2. The quantitative estimate of drug-likeness (QED) is 0.511. The van der Waals surface area contributed by atoms with Gasteiger partial charge in [-0.2, -0.15) is 5.26 Å². The smallest absolute Gasteiger partial charge is 0.133 e. The number of nitrogens with zero attached hydrogens (tertiary/aromatic N) is 1. The summed E-state index contributed by atoms with van der Waals surface area (Å²) < 4.78 is 0. The predicted octanol–water partition coefficient (Wildman–Crippen LogP) is 5.27. The Labute approximate surface area is 176 Å². The van der Waals surface area contributed by atoms with Crippen molar-refractivity contribution in [3.05, 3.63) is 0 Å². The van der Waals surface area contributed by atoms with Crippen molar-refractivity contribution < 1.29 is 9.90 Å². The lowest BCUT2D eigenvalue weighted by atomic mass is 9.44. The second-order valence-corrected chi connectivity index (χ2v) is 11.1. The normalized spacial score (nSPS) is 48.3. The lowest BCUT2D eigenvalue weighted by molar-refractivity contribution is -0.144. The topological polar surface area (TPSA) is 61.1 Å². The molecule has 3 nitrogen and oxygen atoms in total. The van der Waals surface area contributed by atoms with E-state index >= 15 is 0 Å². The van der Waals surface area contributed by atoms with Gasteiger partial charge in [0.2, 0.25) is 0 Å². The van der Waals surface area contributed by atoms with Crippen molar-refractivity contribution in [3.63, 3.8) is 0 Å². The van der Waals surface area contributed by atoms with Crippen LogP contribution in [0, 0.1) is 63.6 Å². The Balaban J connectivity index is 1.51. The third-order valence-electron chi connectivity index (χ3n) is 9.90. The summed E-state index contributed by atoms with van der Waals surface area (Å²) in [4.78, 5) is 12.3. The molecule has 29 heavy (non-hydrogen) atoms. The molecule has 0 bridgehead atoms. The third kappa shape index (κ3) is 3.35. The van der Waals surface area contributed by atoms with Crippen molar-refractivity contribution in [2.45, 2.75) is 97.0 Å². The number of hydrogen-bond donors (Lipinski definition) is 1. The number of hydrogen-bond acceptors (Lipinski definition) is 3. The highest BCUT2D eigenvalue weighted by Crippen LogP contribution is 2.68. The monoisotopic (exact) mass is 395 g/mol. The SMILES string of the molecule is CC(=O)[C@H]1CC[C@H]2[C@@H]3CCC4CC(O)(C#CCCC#N)CC[C@]4(C)[C@H]3CC[C@]12C. The summed E-state index contributed by atoms with van der Waals surface area (Å²) in [5.41, 5.74) is -0.334. The molecule has 2 unspecified atom stereocenters. The van der Waals surface area contributed by atoms with Gasteiger partial charge in [-0.05, 0) is 99.2 Å². The first kappa shape index (κ1) is 20.9. The molecule has 3 heteroatoms. The molecule has 4 aliphatic carbocycles. The number of rotatable bonds is 2. The molecule has 8 atom stereocenters. The fourth-order valence-corrected chi connectivity index (χ4v) is 8.37. The molecule has 1 N–H and O–H groups in total. The van der Waals surface area contributed by atoms with Gasteiger partial charge in [0, 0.05) is 18.8 Å². The molecule has 0 heterocycles. The molecule has 0 aromatic heterocycles. The van der Waals surface area contributed by atoms with Gasteiger partial charge in [-0.25, -0.2) is 0 Å². The number of ketones is 1. The van der Waals surface area contributed by atoms with Gasteiger partial charge in [0.05, 0.1) is 6.07 Å². The molecular weight excluding hydrogens is 358 g/mol. The van der Waals surface area contributed by atoms with Crippen molar-refractivity contribution >= 4 is 5.78 Å². The van der Waals surface area contributed by atoms with Gasteiger partial charge in [0.25, 0.3) is 0 Å². The predicted molar refractivity (Wildman–Crippen MR) is 113 cm³/mol. The van der Waals surface area contributed by atoms with Crippen molar-refractivity contribution in [1.82, 2.24) is 0 Å². The number of carbonyl (C=O) groups is 1. The van der Waals surface area contributed by atoms with E-state index in [4.69, 9.17) is 5.26 Å². The molecule has 0 saturated heterocycles. The Kier molecular flexibility index (Phi) is 5.36. The summed E-state index contributed by atoms with van der Waals surface area (Å²) in [7, 11) is 0. The second-order valence-electron chi connectivity index (χ2n) is 11.1. The molecule has 4 rings (SSSR count). The van der Waals surface area contributed by atoms with Crippen LogP contribution in [0.25, 0.3) is 0 Å². The van der Waals surface area contributed by atoms with Crippen LogP contribution in [0.5, 0.6) is 0 Å². The summed E-state index contributed by atoms with van der Waals surface area (Å²) in [6.45, 7) is 6.72. The number of carbonyl (C=O) groups excluding carboxylic acids is 1. The van der Waals surface area contributed by atoms with Crippen LogP contribution in [-0.2, 0) is 4.79 Å². The van der Waals surface area contributed by atoms with E-state index in [1.807, 2.05) is 6.92 Å². The Hall–Kier alpha value is -1.32. The van der Waals surface area contributed by atoms with Crippen molar-refractivity contribution in [1.29, 1.82) is 5.26 Å². The maximum absolute atomic E-state index is 12.3. The zero-order valence-electron chi connectivity index (χ0n) is 18.5. The fourth-order valence-electron chi connectivity index (χ4n) is 8.37. The van der Waals surface area contributed by atoms with Crippen molar-refractivity contribution in [2.24, 2.45) is 40.4 Å². The maximum Gasteiger partial charge on any atom is 0.133 e. The zero-order valence-corrected chi connectivity index (χ0v) is 18.5. The molecule has 0 amide bonds. The third-order valence-corrected chi connectivity index (χ3v) is 9.90. The van der Waals surface area contributed by atoms with Gasteiger partial charge in [0.15, 0.2) is 0 Å². The van der Waals surface area contributed by atoms with E-state index < -0.39 is 5.60 Å². The van der Waals surface area contributed by atoms with Gasteiger partial charge in [-0.3, -0.25) is 4.79 Å². The standard InChI is InChI=1S/C26H37NO2/c1-18(28)21-9-10-22-20-8-7-19-17-26(29,12-5-4-6-16-27)15-14-24(19,2)23(20)11-13-25(21,22)3/h19-23,29H,4,6-11,13-15,17H2,1-3H3/t19?,20-,21+,22-,23-,24-,25+,26?/m0/s1. The van der Waals surface area contributed by atoms with Crippen LogP contribution in [0.4, 0.5) is 0 Å². The number of Topliss-reactive ketones (excluding diaryl/α,β-unsaturated/α-hetero) is 1. The molecule has 0 aliphatic heterocycles. The van der Waals surface area contributed by atoms with E-state index in [9.17, 15) is 9.90 Å². The summed E-state index contributed by atoms with van der Waals surface area (Å²) in [6, 6.07) is 2.13. The van der Waals surface area contributed by atoms with Crippen LogP contribution in [0.15, 0.2) is 0 Å². The van der Waals surface area contributed by atoms with Crippen molar-refractivity contribution in [2.75, 3.05) is 0 Å². The van der Waals surface area contributed by atoms with E-state index in [2.05, 4.69) is 31.8 Å². The summed E-state index contributed by atoms with van der Waals surface area (Å²) in [5.74, 6) is 9.62. The molecule has 4 aliphatic rings. The van der Waals surface area contributed by atoms with Gasteiger partial charge >= 0.3 is 0 Å². The Morgan fingerprint density at radius 1 is 1.00 bits per heavy atom. The minimum Gasteiger partial charge on any atom is -0.378 e. The minimum atomic E-state index is -0.858. The van der Waals surface area contributed by atoms with E-state index in [1.165, 1.54) is 32.1 Å². The first-order valence-corrected chi connectivity index (χ1v) is 11.8. The van der Waals surface area contributed by atoms with E-state index in [0.29, 0.717) is 35.9 Å². The first-order chi connectivity index (χ1) is 13.7. The summed E-state index contributed by atoms with van der Waals surface area (Å²) in [5, 5.41) is 19.8. The molecule has 0 radical (unpaired) electrons. The molecule has 4 fully saturated rings. The molecule has 0 aromatic rings. The fraction of sp³-hybridized carbons (Fsp3) is 0.846. The van der Waals surface area contributed by atoms with Crippen LogP contribution in [-0.4, -0.2) is 16.5 Å². The number of aliphatic hydroxyl groups is 1. The number of fused-ring (bicyclic) bond motifs is 5. The first-order valence-electron chi connectivity index (χ1n) is 11.8. The molecule has 0 spiro atoms. The Bertz CT molecular complexity index is 772. The summed E-state index contributed by atoms with van der Waals surface area (Å²) >= 11 is 0. The summed E-state index contributed by atoms with van der Waals surface area (Å²) in [6.07, 6.45) is 10.8. The zero-order chi connectivity index (χ0) is 20.9. The highest BCUT2D eigenvalue weighted by Gasteiger charge is 2.61. The molecule has 158 valence electrons. The lowest BCUT2D eigenvalue weighted by Gasteiger charge is -2.61. The Morgan fingerprint density at radius 3 is 2.48 bits per heavy atom. The largest absolute Gasteiger partial charge is 0.378 e. The van der Waals surface area contributed by atoms with Crippen molar-refractivity contribution in [3.8, 4) is 17.9 Å². The van der Waals surface area contributed by atoms with Crippen LogP contribution >= 0.6 is 0 Å². The van der Waals surface area contributed by atoms with E-state index in [-0.39, 0.29) is 11.3 Å². The average molecular weight is 396 g/mol. The van der Waals surface area contributed by atoms with Gasteiger partial charge in [-0.1, -0.05) is 25.7 Å². The van der Waals surface area contributed by atoms with E-state index in [0.717, 1.165) is 37.5 Å². The maximum atomic E-state index is 12.3. The van der Waals surface area contributed by atoms with Gasteiger partial charge < -0.3 is 5.11 Å². The van der Waals surface area contributed by atoms with Crippen LogP contribution < -0.4 is 0 Å². The van der Waals surface area contributed by atoms with E-state index in [1.54, 1.807) is 0 Å². The molecule has 0 aromatic carbocycles. The van der Waals surface area contributed by atoms with Crippen LogP contribution in [0.3, 0.4) is 0 Å². The Morgan fingerprint density at radius 2 is 1.76 bits per heavy atom. The van der Waals surface area contributed by atoms with Gasteiger partial charge in [-0.15, -0.1) is 0 Å². The highest BCUT2D eigenvalue weighted by atomic mass is 16.3. The number of nitriles is 1. The lowest BCUT2D eigenvalue weighted by Crippen LogP contribution is -2.56. The highest BCUT2D eigenvalue weighted by molar-refractivity contribution is 5.79. The second kappa shape index (κ2) is 7.42. The minimum absolute atomic E-state index is 0.220. The average Bonchev–Trinajstić information content (AvgIpc) is 3.04. The number of unbranched alkanes of at least 4 members (excludes halogenated alkanes) is 1. The van der Waals surface area contributed by atoms with Gasteiger partial charge in [0.1, 0.15) is 11.4 Å². The van der Waals surface area contributed by atoms with Crippen LogP contribution in [0.1, 0.15) is 91.4 Å². The molecule has 4 saturated carbocycles. The van der Waals surface area contributed by atoms with Crippen LogP contribution in [0.2, 0.25) is 0 Å².